The van der Waals surface area contributed by atoms with Gasteiger partial charge in [-0.15, -0.1) is 0 Å². The molecule has 0 aliphatic carbocycles. The molecular formula is C24H24N4O5. The van der Waals surface area contributed by atoms with Crippen molar-refractivity contribution in [3.05, 3.63) is 82.2 Å². The van der Waals surface area contributed by atoms with Gasteiger partial charge in [-0.2, -0.15) is 4.98 Å². The van der Waals surface area contributed by atoms with Crippen LogP contribution in [0.4, 0.5) is 11.5 Å². The average molecular weight is 448 g/mol. The van der Waals surface area contributed by atoms with Crippen LogP contribution in [0.1, 0.15) is 28.8 Å². The number of anilines is 1. The van der Waals surface area contributed by atoms with E-state index in [2.05, 4.69) is 26.8 Å². The summed E-state index contributed by atoms with van der Waals surface area (Å²) in [7, 11) is 1.29. The predicted octanol–water partition coefficient (Wildman–Crippen LogP) is 4.42. The summed E-state index contributed by atoms with van der Waals surface area (Å²) >= 11 is 0. The lowest BCUT2D eigenvalue weighted by atomic mass is 9.90. The molecule has 33 heavy (non-hydrogen) atoms. The fraction of sp³-hybridized carbons (Fsp3) is 0.292. The summed E-state index contributed by atoms with van der Waals surface area (Å²) in [6.07, 6.45) is 4.11. The molecule has 1 aromatic heterocycles. The van der Waals surface area contributed by atoms with Crippen molar-refractivity contribution in [1.29, 1.82) is 0 Å². The molecule has 0 saturated carbocycles. The zero-order valence-electron chi connectivity index (χ0n) is 18.2. The Bertz CT molecular complexity index is 1110. The van der Waals surface area contributed by atoms with Crippen LogP contribution in [-0.4, -0.2) is 41.1 Å². The molecule has 170 valence electrons. The molecule has 0 atom stereocenters. The Morgan fingerprint density at radius 2 is 1.79 bits per heavy atom. The van der Waals surface area contributed by atoms with Crippen molar-refractivity contribution in [2.75, 3.05) is 25.1 Å². The molecule has 1 fully saturated rings. The normalized spacial score (nSPS) is 14.0. The number of nitro groups is 1. The number of benzene rings is 2. The maximum atomic E-state index is 11.9. The molecule has 0 bridgehead atoms. The molecule has 2 aromatic carbocycles. The smallest absolute Gasteiger partial charge is 0.373 e. The first kappa shape index (κ1) is 22.2. The lowest BCUT2D eigenvalue weighted by Crippen LogP contribution is -2.35. The first-order chi connectivity index (χ1) is 16.0. The van der Waals surface area contributed by atoms with Crippen LogP contribution >= 0.6 is 0 Å². The molecule has 4 rings (SSSR count). The highest BCUT2D eigenvalue weighted by Crippen LogP contribution is 2.37. The summed E-state index contributed by atoms with van der Waals surface area (Å²) in [6, 6.07) is 16.5. The van der Waals surface area contributed by atoms with E-state index in [1.807, 2.05) is 23.1 Å². The van der Waals surface area contributed by atoms with E-state index >= 15 is 0 Å². The summed E-state index contributed by atoms with van der Waals surface area (Å²) in [5, 5.41) is 11.9. The van der Waals surface area contributed by atoms with Crippen LogP contribution in [0.2, 0.25) is 0 Å². The molecule has 0 N–H and O–H groups in total. The summed E-state index contributed by atoms with van der Waals surface area (Å²) in [4.78, 5) is 33.1. The van der Waals surface area contributed by atoms with Gasteiger partial charge in [-0.3, -0.25) is 10.1 Å². The molecule has 9 nitrogen and oxygen atoms in total. The minimum Gasteiger partial charge on any atom is -0.465 e. The number of ether oxygens (including phenoxy) is 2. The van der Waals surface area contributed by atoms with Gasteiger partial charge in [-0.05, 0) is 55.0 Å². The molecule has 0 unspecified atom stereocenters. The van der Waals surface area contributed by atoms with Crippen LogP contribution in [-0.2, 0) is 11.2 Å². The number of esters is 1. The molecular weight excluding hydrogens is 424 g/mol. The highest BCUT2D eigenvalue weighted by molar-refractivity contribution is 5.89. The van der Waals surface area contributed by atoms with Crippen LogP contribution in [0.3, 0.4) is 0 Å². The molecule has 1 saturated heterocycles. The number of piperidine rings is 1. The van der Waals surface area contributed by atoms with E-state index in [9.17, 15) is 14.9 Å². The summed E-state index contributed by atoms with van der Waals surface area (Å²) in [5.74, 6) is 0.481. The number of hydrogen-bond acceptors (Lipinski definition) is 8. The fourth-order valence-corrected chi connectivity index (χ4v) is 4.00. The predicted molar refractivity (Wildman–Crippen MR) is 122 cm³/mol. The Morgan fingerprint density at radius 3 is 2.42 bits per heavy atom. The lowest BCUT2D eigenvalue weighted by molar-refractivity contribution is -0.385. The SMILES string of the molecule is COC(=O)c1ccc(Oc2ncnc(N3CCC(Cc4ccccc4)CC3)c2[N+](=O)[O-])cc1. The standard InChI is InChI=1S/C24H24N4O5/c1-32-24(29)19-7-9-20(10-8-19)33-23-21(28(30)31)22(25-16-26-23)27-13-11-18(12-14-27)15-17-5-3-2-4-6-17/h2-10,16,18H,11-15H2,1H3. The molecule has 1 aliphatic rings. The molecule has 0 spiro atoms. The van der Waals surface area contributed by atoms with E-state index in [4.69, 9.17) is 4.74 Å². The highest BCUT2D eigenvalue weighted by atomic mass is 16.6. The van der Waals surface area contributed by atoms with Crippen LogP contribution in [0.25, 0.3) is 0 Å². The molecule has 0 radical (unpaired) electrons. The molecule has 9 heteroatoms. The minimum absolute atomic E-state index is 0.137. The van der Waals surface area contributed by atoms with E-state index in [1.54, 1.807) is 0 Å². The third kappa shape index (κ3) is 5.25. The number of methoxy groups -OCH3 is 1. The van der Waals surface area contributed by atoms with Crippen LogP contribution in [0.5, 0.6) is 11.6 Å². The number of carbonyl (C=O) groups excluding carboxylic acids is 1. The van der Waals surface area contributed by atoms with Gasteiger partial charge in [0.2, 0.25) is 5.82 Å². The number of hydrogen-bond donors (Lipinski definition) is 0. The van der Waals surface area contributed by atoms with Gasteiger partial charge in [0.1, 0.15) is 12.1 Å². The zero-order chi connectivity index (χ0) is 23.2. The minimum atomic E-state index is -0.510. The van der Waals surface area contributed by atoms with Crippen LogP contribution in [0.15, 0.2) is 60.9 Å². The van der Waals surface area contributed by atoms with E-state index in [1.165, 1.54) is 43.3 Å². The van der Waals surface area contributed by atoms with Crippen molar-refractivity contribution >= 4 is 17.5 Å². The van der Waals surface area contributed by atoms with Crippen molar-refractivity contribution in [3.8, 4) is 11.6 Å². The van der Waals surface area contributed by atoms with Gasteiger partial charge in [0.15, 0.2) is 0 Å². The number of rotatable bonds is 7. The third-order valence-corrected chi connectivity index (χ3v) is 5.72. The van der Waals surface area contributed by atoms with Gasteiger partial charge < -0.3 is 14.4 Å². The largest absolute Gasteiger partial charge is 0.465 e. The number of nitrogens with zero attached hydrogens (tertiary/aromatic N) is 4. The Kier molecular flexibility index (Phi) is 6.77. The van der Waals surface area contributed by atoms with Crippen LogP contribution in [0, 0.1) is 16.0 Å². The topological polar surface area (TPSA) is 108 Å². The monoisotopic (exact) mass is 448 g/mol. The summed E-state index contributed by atoms with van der Waals surface area (Å²) < 4.78 is 10.4. The maximum Gasteiger partial charge on any atom is 0.373 e. The van der Waals surface area contributed by atoms with Gasteiger partial charge >= 0.3 is 17.5 Å². The van der Waals surface area contributed by atoms with Gasteiger partial charge in [0, 0.05) is 13.1 Å². The summed E-state index contributed by atoms with van der Waals surface area (Å²) in [5.41, 5.74) is 1.38. The van der Waals surface area contributed by atoms with E-state index in [0.29, 0.717) is 30.3 Å². The fourth-order valence-electron chi connectivity index (χ4n) is 4.00. The van der Waals surface area contributed by atoms with E-state index < -0.39 is 10.9 Å². The van der Waals surface area contributed by atoms with Gasteiger partial charge in [0.05, 0.1) is 17.6 Å². The average Bonchev–Trinajstić information content (AvgIpc) is 2.85. The Labute approximate surface area is 191 Å². The molecule has 1 aliphatic heterocycles. The van der Waals surface area contributed by atoms with Crippen molar-refractivity contribution in [2.45, 2.75) is 19.3 Å². The molecule has 2 heterocycles. The first-order valence-corrected chi connectivity index (χ1v) is 10.7. The lowest BCUT2D eigenvalue weighted by Gasteiger charge is -2.32. The van der Waals surface area contributed by atoms with Crippen molar-refractivity contribution < 1.29 is 19.2 Å². The Morgan fingerprint density at radius 1 is 1.09 bits per heavy atom. The number of aromatic nitrogens is 2. The van der Waals surface area contributed by atoms with Gasteiger partial charge in [-0.25, -0.2) is 9.78 Å². The Hall–Kier alpha value is -4.01. The second kappa shape index (κ2) is 10.1. The highest BCUT2D eigenvalue weighted by Gasteiger charge is 2.31. The first-order valence-electron chi connectivity index (χ1n) is 10.7. The maximum absolute atomic E-state index is 11.9. The van der Waals surface area contributed by atoms with E-state index in [0.717, 1.165) is 19.3 Å². The Balaban J connectivity index is 1.49. The van der Waals surface area contributed by atoms with Crippen LogP contribution < -0.4 is 9.64 Å². The van der Waals surface area contributed by atoms with Crippen molar-refractivity contribution in [2.24, 2.45) is 5.92 Å². The van der Waals surface area contributed by atoms with Gasteiger partial charge in [0.25, 0.3) is 0 Å². The number of carbonyl (C=O) groups is 1. The van der Waals surface area contributed by atoms with Crippen molar-refractivity contribution in [1.82, 2.24) is 9.97 Å². The second-order valence-corrected chi connectivity index (χ2v) is 7.85. The van der Waals surface area contributed by atoms with Gasteiger partial charge in [-0.1, -0.05) is 30.3 Å². The van der Waals surface area contributed by atoms with E-state index in [-0.39, 0.29) is 17.4 Å². The molecule has 3 aromatic rings. The second-order valence-electron chi connectivity index (χ2n) is 7.85. The third-order valence-electron chi connectivity index (χ3n) is 5.72. The quantitative estimate of drug-likeness (QED) is 0.297. The summed E-state index contributed by atoms with van der Waals surface area (Å²) in [6.45, 7) is 1.34. The zero-order valence-corrected chi connectivity index (χ0v) is 18.2. The molecule has 0 amide bonds. The van der Waals surface area contributed by atoms with Crippen molar-refractivity contribution in [3.63, 3.8) is 0 Å².